The number of hydrogen-bond donors (Lipinski definition) is 1. The predicted molar refractivity (Wildman–Crippen MR) is 61.8 cm³/mol. The molecule has 2 atom stereocenters. The summed E-state index contributed by atoms with van der Waals surface area (Å²) in [7, 11) is 2.51. The van der Waals surface area contributed by atoms with Gasteiger partial charge in [-0.15, -0.1) is 0 Å². The fourth-order valence-electron chi connectivity index (χ4n) is 1.96. The van der Waals surface area contributed by atoms with Crippen molar-refractivity contribution >= 4 is 18.0 Å². The Labute approximate surface area is 105 Å². The average molecular weight is 258 g/mol. The summed E-state index contributed by atoms with van der Waals surface area (Å²) in [4.78, 5) is 36.0. The first kappa shape index (κ1) is 14.3. The molecule has 1 saturated heterocycles. The molecule has 1 aliphatic rings. The maximum Gasteiger partial charge on any atom is 0.407 e. The monoisotopic (exact) mass is 258 g/mol. The van der Waals surface area contributed by atoms with Crippen molar-refractivity contribution in [2.75, 3.05) is 20.8 Å². The van der Waals surface area contributed by atoms with Crippen molar-refractivity contribution in [1.82, 2.24) is 10.2 Å². The number of alkyl carbamates (subject to hydrolysis) is 1. The molecule has 1 fully saturated rings. The van der Waals surface area contributed by atoms with E-state index in [4.69, 9.17) is 0 Å². The van der Waals surface area contributed by atoms with E-state index in [9.17, 15) is 14.4 Å². The molecule has 18 heavy (non-hydrogen) atoms. The van der Waals surface area contributed by atoms with E-state index < -0.39 is 24.1 Å². The van der Waals surface area contributed by atoms with Crippen LogP contribution in [0.1, 0.15) is 19.8 Å². The average Bonchev–Trinajstić information content (AvgIpc) is 2.85. The van der Waals surface area contributed by atoms with Crippen LogP contribution in [0.4, 0.5) is 4.79 Å². The molecule has 1 heterocycles. The Morgan fingerprint density at radius 1 is 1.28 bits per heavy atom. The highest BCUT2D eigenvalue weighted by Gasteiger charge is 2.36. The van der Waals surface area contributed by atoms with Crippen LogP contribution in [0.3, 0.4) is 0 Å². The standard InChI is InChI=1S/C11H18N2O5/c1-7(12-11(16)18-3)9(14)13-6-4-5-8(13)10(15)17-2/h7-8H,4-6H2,1-3H3,(H,12,16). The first-order chi connectivity index (χ1) is 8.51. The summed E-state index contributed by atoms with van der Waals surface area (Å²) in [6, 6.07) is -1.29. The van der Waals surface area contributed by atoms with Crippen LogP contribution in [0.2, 0.25) is 0 Å². The van der Waals surface area contributed by atoms with E-state index in [1.807, 2.05) is 0 Å². The quantitative estimate of drug-likeness (QED) is 0.714. The molecule has 2 unspecified atom stereocenters. The lowest BCUT2D eigenvalue weighted by Crippen LogP contribution is -2.50. The van der Waals surface area contributed by atoms with Crippen LogP contribution in [0.25, 0.3) is 0 Å². The normalized spacial score (nSPS) is 20.2. The van der Waals surface area contributed by atoms with Crippen LogP contribution in [-0.4, -0.2) is 55.7 Å². The minimum Gasteiger partial charge on any atom is -0.467 e. The van der Waals surface area contributed by atoms with Gasteiger partial charge in [0.05, 0.1) is 14.2 Å². The van der Waals surface area contributed by atoms with Gasteiger partial charge in [0.15, 0.2) is 0 Å². The summed E-state index contributed by atoms with van der Waals surface area (Å²) in [5.74, 6) is -0.737. The zero-order valence-electron chi connectivity index (χ0n) is 10.8. The summed E-state index contributed by atoms with van der Waals surface area (Å²) in [5, 5.41) is 2.38. The maximum atomic E-state index is 12.1. The van der Waals surface area contributed by atoms with Crippen LogP contribution in [0.15, 0.2) is 0 Å². The topological polar surface area (TPSA) is 84.9 Å². The van der Waals surface area contributed by atoms with E-state index in [1.165, 1.54) is 19.1 Å². The minimum atomic E-state index is -0.734. The number of nitrogens with zero attached hydrogens (tertiary/aromatic N) is 1. The molecule has 0 radical (unpaired) electrons. The van der Waals surface area contributed by atoms with E-state index in [2.05, 4.69) is 14.8 Å². The maximum absolute atomic E-state index is 12.1. The van der Waals surface area contributed by atoms with Gasteiger partial charge in [-0.2, -0.15) is 0 Å². The van der Waals surface area contributed by atoms with Crippen molar-refractivity contribution in [3.8, 4) is 0 Å². The SMILES string of the molecule is COC(=O)NC(C)C(=O)N1CCCC1C(=O)OC. The van der Waals surface area contributed by atoms with Crippen molar-refractivity contribution in [3.63, 3.8) is 0 Å². The minimum absolute atomic E-state index is 0.312. The molecule has 1 rings (SSSR count). The van der Waals surface area contributed by atoms with Crippen LogP contribution in [-0.2, 0) is 19.1 Å². The molecular formula is C11H18N2O5. The second-order valence-corrected chi connectivity index (χ2v) is 4.07. The van der Waals surface area contributed by atoms with E-state index in [0.29, 0.717) is 13.0 Å². The van der Waals surface area contributed by atoms with Gasteiger partial charge in [-0.25, -0.2) is 9.59 Å². The van der Waals surface area contributed by atoms with Crippen molar-refractivity contribution in [2.45, 2.75) is 31.8 Å². The molecule has 102 valence electrons. The predicted octanol–water partition coefficient (Wildman–Crippen LogP) is -0.105. The molecule has 0 spiro atoms. The lowest BCUT2D eigenvalue weighted by atomic mass is 10.2. The smallest absolute Gasteiger partial charge is 0.407 e. The summed E-state index contributed by atoms with van der Waals surface area (Å²) >= 11 is 0. The fourth-order valence-corrected chi connectivity index (χ4v) is 1.96. The number of esters is 1. The second kappa shape index (κ2) is 6.23. The molecule has 0 aromatic carbocycles. The van der Waals surface area contributed by atoms with Crippen LogP contribution in [0.5, 0.6) is 0 Å². The van der Waals surface area contributed by atoms with Gasteiger partial charge in [0, 0.05) is 6.54 Å². The highest BCUT2D eigenvalue weighted by atomic mass is 16.5. The molecule has 0 aromatic heterocycles. The lowest BCUT2D eigenvalue weighted by Gasteiger charge is -2.25. The van der Waals surface area contributed by atoms with Crippen molar-refractivity contribution < 1.29 is 23.9 Å². The third-order valence-corrected chi connectivity index (χ3v) is 2.90. The van der Waals surface area contributed by atoms with Gasteiger partial charge in [0.1, 0.15) is 12.1 Å². The van der Waals surface area contributed by atoms with Crippen molar-refractivity contribution in [2.24, 2.45) is 0 Å². The van der Waals surface area contributed by atoms with Gasteiger partial charge in [0.2, 0.25) is 5.91 Å². The van der Waals surface area contributed by atoms with Gasteiger partial charge in [-0.1, -0.05) is 0 Å². The Morgan fingerprint density at radius 2 is 1.94 bits per heavy atom. The lowest BCUT2D eigenvalue weighted by molar-refractivity contribution is -0.151. The third kappa shape index (κ3) is 3.12. The number of ether oxygens (including phenoxy) is 2. The Bertz CT molecular complexity index is 344. The van der Waals surface area contributed by atoms with E-state index >= 15 is 0 Å². The van der Waals surface area contributed by atoms with E-state index in [0.717, 1.165) is 6.42 Å². The molecule has 0 aromatic rings. The van der Waals surface area contributed by atoms with Crippen molar-refractivity contribution in [1.29, 1.82) is 0 Å². The van der Waals surface area contributed by atoms with Crippen molar-refractivity contribution in [3.05, 3.63) is 0 Å². The molecular weight excluding hydrogens is 240 g/mol. The Balaban J connectivity index is 2.65. The fraction of sp³-hybridized carbons (Fsp3) is 0.727. The summed E-state index contributed by atoms with van der Waals surface area (Å²) in [5.41, 5.74) is 0. The number of nitrogens with one attached hydrogen (secondary N) is 1. The Kier molecular flexibility index (Phi) is 4.94. The first-order valence-corrected chi connectivity index (χ1v) is 5.74. The van der Waals surface area contributed by atoms with Crippen LogP contribution < -0.4 is 5.32 Å². The third-order valence-electron chi connectivity index (χ3n) is 2.90. The number of hydrogen-bond acceptors (Lipinski definition) is 5. The molecule has 0 saturated carbocycles. The Hall–Kier alpha value is -1.79. The van der Waals surface area contributed by atoms with Gasteiger partial charge in [0.25, 0.3) is 0 Å². The molecule has 7 nitrogen and oxygen atoms in total. The van der Waals surface area contributed by atoms with E-state index in [-0.39, 0.29) is 5.91 Å². The summed E-state index contributed by atoms with van der Waals surface area (Å²) < 4.78 is 9.07. The first-order valence-electron chi connectivity index (χ1n) is 5.74. The van der Waals surface area contributed by atoms with Crippen LogP contribution in [0, 0.1) is 0 Å². The largest absolute Gasteiger partial charge is 0.467 e. The van der Waals surface area contributed by atoms with E-state index in [1.54, 1.807) is 6.92 Å². The molecule has 2 amide bonds. The second-order valence-electron chi connectivity index (χ2n) is 4.07. The number of methoxy groups -OCH3 is 2. The number of carbonyl (C=O) groups excluding carboxylic acids is 3. The number of rotatable bonds is 3. The number of likely N-dealkylation sites (tertiary alicyclic amines) is 1. The number of amides is 2. The molecule has 1 N–H and O–H groups in total. The van der Waals surface area contributed by atoms with Gasteiger partial charge >= 0.3 is 12.1 Å². The zero-order chi connectivity index (χ0) is 13.7. The van der Waals surface area contributed by atoms with Gasteiger partial charge in [-0.3, -0.25) is 4.79 Å². The molecule has 7 heteroatoms. The highest BCUT2D eigenvalue weighted by molar-refractivity contribution is 5.89. The Morgan fingerprint density at radius 3 is 2.50 bits per heavy atom. The van der Waals surface area contributed by atoms with Gasteiger partial charge < -0.3 is 19.7 Å². The van der Waals surface area contributed by atoms with Gasteiger partial charge in [-0.05, 0) is 19.8 Å². The molecule has 0 aliphatic carbocycles. The van der Waals surface area contributed by atoms with Crippen LogP contribution >= 0.6 is 0 Å². The highest BCUT2D eigenvalue weighted by Crippen LogP contribution is 2.19. The summed E-state index contributed by atoms with van der Waals surface area (Å²) in [6.45, 7) is 2.04. The summed E-state index contributed by atoms with van der Waals surface area (Å²) in [6.07, 6.45) is 0.657. The zero-order valence-corrected chi connectivity index (χ0v) is 10.8. The number of carbonyl (C=O) groups is 3. The molecule has 0 bridgehead atoms. The molecule has 1 aliphatic heterocycles.